The molecule has 0 aliphatic rings. The Bertz CT molecular complexity index is 1710. The number of aryl methyl sites for hydroxylation is 2. The van der Waals surface area contributed by atoms with Gasteiger partial charge in [0, 0.05) is 18.4 Å². The fourth-order valence-corrected chi connectivity index (χ4v) is 4.67. The number of imidazole rings is 2. The van der Waals surface area contributed by atoms with E-state index in [1.54, 1.807) is 11.4 Å². The van der Waals surface area contributed by atoms with Gasteiger partial charge >= 0.3 is 11.7 Å². The third kappa shape index (κ3) is 3.73. The molecule has 2 aromatic carbocycles. The van der Waals surface area contributed by atoms with Crippen LogP contribution in [0, 0.1) is 13.8 Å². The van der Waals surface area contributed by atoms with E-state index < -0.39 is 23.8 Å². The number of fused-ring (bicyclic) bond motifs is 3. The van der Waals surface area contributed by atoms with Crippen LogP contribution < -0.4 is 11.2 Å². The molecule has 1 atom stereocenters. The fourth-order valence-electron chi connectivity index (χ4n) is 4.67. The highest BCUT2D eigenvalue weighted by molar-refractivity contribution is 5.77. The van der Waals surface area contributed by atoms with Crippen molar-refractivity contribution in [1.82, 2.24) is 23.1 Å². The first kappa shape index (κ1) is 23.3. The molecular weight excluding hydrogens is 458 g/mol. The Morgan fingerprint density at radius 2 is 1.61 bits per heavy atom. The largest absolute Gasteiger partial charge is 0.459 e. The van der Waals surface area contributed by atoms with E-state index in [2.05, 4.69) is 11.5 Å². The number of ether oxygens (including phenoxy) is 1. The molecule has 9 heteroatoms. The molecule has 0 aliphatic heterocycles. The molecule has 0 fully saturated rings. The van der Waals surface area contributed by atoms with Gasteiger partial charge < -0.3 is 9.30 Å². The van der Waals surface area contributed by atoms with Gasteiger partial charge in [-0.1, -0.05) is 60.7 Å². The van der Waals surface area contributed by atoms with Gasteiger partial charge in [0.15, 0.2) is 11.2 Å². The second-order valence-corrected chi connectivity index (χ2v) is 8.93. The van der Waals surface area contributed by atoms with E-state index in [9.17, 15) is 14.4 Å². The molecule has 3 aromatic heterocycles. The molecule has 0 saturated carbocycles. The standard InChI is InChI=1S/C27H27N5O4/c1-17-18(2)32-23-24(28-26(32)31(17)19(3)21-13-9-6-10-14-21)29(4)27(35)30(25(23)34)15-22(33)36-16-20-11-7-5-8-12-20/h5-14,19H,15-16H2,1-4H3/t19-/m0/s1. The van der Waals surface area contributed by atoms with Gasteiger partial charge in [-0.25, -0.2) is 9.36 Å². The van der Waals surface area contributed by atoms with E-state index in [1.165, 1.54) is 4.57 Å². The van der Waals surface area contributed by atoms with Crippen LogP contribution in [0.2, 0.25) is 0 Å². The molecule has 0 bridgehead atoms. The first-order valence-corrected chi connectivity index (χ1v) is 11.7. The zero-order chi connectivity index (χ0) is 25.6. The minimum Gasteiger partial charge on any atom is -0.459 e. The normalized spacial score (nSPS) is 12.3. The molecule has 36 heavy (non-hydrogen) atoms. The average molecular weight is 486 g/mol. The van der Waals surface area contributed by atoms with Gasteiger partial charge in [-0.05, 0) is 31.9 Å². The monoisotopic (exact) mass is 485 g/mol. The van der Waals surface area contributed by atoms with Crippen molar-refractivity contribution in [3.05, 3.63) is 104 Å². The molecule has 3 heterocycles. The molecule has 5 rings (SSSR count). The maximum atomic E-state index is 13.6. The van der Waals surface area contributed by atoms with Crippen molar-refractivity contribution in [2.45, 2.75) is 40.0 Å². The first-order valence-electron chi connectivity index (χ1n) is 11.7. The van der Waals surface area contributed by atoms with Crippen LogP contribution in [0.5, 0.6) is 0 Å². The van der Waals surface area contributed by atoms with Crippen LogP contribution in [0.1, 0.15) is 35.5 Å². The van der Waals surface area contributed by atoms with Crippen molar-refractivity contribution in [1.29, 1.82) is 0 Å². The topological polar surface area (TPSA) is 92.5 Å². The van der Waals surface area contributed by atoms with Crippen LogP contribution in [0.4, 0.5) is 0 Å². The number of nitrogens with zero attached hydrogens (tertiary/aromatic N) is 5. The zero-order valence-corrected chi connectivity index (χ0v) is 20.6. The molecule has 0 N–H and O–H groups in total. The SMILES string of the molecule is Cc1c(C)n2c3c(=O)n(CC(=O)OCc4ccccc4)c(=O)n(C)c3nc2n1[C@@H](C)c1ccccc1. The molecule has 0 spiro atoms. The summed E-state index contributed by atoms with van der Waals surface area (Å²) in [6.45, 7) is 5.55. The van der Waals surface area contributed by atoms with E-state index in [1.807, 2.05) is 74.5 Å². The summed E-state index contributed by atoms with van der Waals surface area (Å²) >= 11 is 0. The summed E-state index contributed by atoms with van der Waals surface area (Å²) in [4.78, 5) is 43.9. The van der Waals surface area contributed by atoms with Crippen LogP contribution in [0.3, 0.4) is 0 Å². The van der Waals surface area contributed by atoms with E-state index in [4.69, 9.17) is 9.72 Å². The van der Waals surface area contributed by atoms with Crippen LogP contribution in [-0.2, 0) is 29.7 Å². The highest BCUT2D eigenvalue weighted by Gasteiger charge is 2.25. The maximum Gasteiger partial charge on any atom is 0.333 e. The van der Waals surface area contributed by atoms with Crippen LogP contribution >= 0.6 is 0 Å². The lowest BCUT2D eigenvalue weighted by molar-refractivity contribution is -0.145. The number of carbonyl (C=O) groups excluding carboxylic acids is 1. The van der Waals surface area contributed by atoms with E-state index in [0.29, 0.717) is 5.78 Å². The maximum absolute atomic E-state index is 13.6. The Morgan fingerprint density at radius 3 is 2.28 bits per heavy atom. The first-order chi connectivity index (χ1) is 17.3. The number of rotatable bonds is 6. The zero-order valence-electron chi connectivity index (χ0n) is 20.6. The Balaban J connectivity index is 1.60. The van der Waals surface area contributed by atoms with Gasteiger partial charge in [0.25, 0.3) is 5.56 Å². The summed E-state index contributed by atoms with van der Waals surface area (Å²) in [5.74, 6) is -0.103. The number of benzene rings is 2. The third-order valence-corrected chi connectivity index (χ3v) is 6.76. The summed E-state index contributed by atoms with van der Waals surface area (Å²) in [5, 5.41) is 0. The Labute approximate surface area is 206 Å². The van der Waals surface area contributed by atoms with Crippen LogP contribution in [-0.4, -0.2) is 29.1 Å². The number of esters is 1. The van der Waals surface area contributed by atoms with E-state index in [-0.39, 0.29) is 23.8 Å². The average Bonchev–Trinajstić information content (AvgIpc) is 3.39. The smallest absolute Gasteiger partial charge is 0.333 e. The van der Waals surface area contributed by atoms with E-state index in [0.717, 1.165) is 27.1 Å². The van der Waals surface area contributed by atoms with Crippen molar-refractivity contribution in [3.63, 3.8) is 0 Å². The Kier molecular flexibility index (Phi) is 5.83. The van der Waals surface area contributed by atoms with Crippen molar-refractivity contribution in [3.8, 4) is 0 Å². The van der Waals surface area contributed by atoms with Crippen LogP contribution in [0.25, 0.3) is 16.9 Å². The van der Waals surface area contributed by atoms with Gasteiger partial charge in [-0.15, -0.1) is 0 Å². The summed E-state index contributed by atoms with van der Waals surface area (Å²) in [5.41, 5.74) is 3.03. The quantitative estimate of drug-likeness (QED) is 0.345. The van der Waals surface area contributed by atoms with Gasteiger partial charge in [0.1, 0.15) is 13.2 Å². The molecule has 0 aliphatic carbocycles. The summed E-state index contributed by atoms with van der Waals surface area (Å²) in [6, 6.07) is 19.2. The molecule has 0 amide bonds. The van der Waals surface area contributed by atoms with Gasteiger partial charge in [-0.2, -0.15) is 4.98 Å². The predicted octanol–water partition coefficient (Wildman–Crippen LogP) is 3.12. The lowest BCUT2D eigenvalue weighted by Crippen LogP contribution is -2.41. The molecule has 9 nitrogen and oxygen atoms in total. The molecule has 184 valence electrons. The van der Waals surface area contributed by atoms with Crippen molar-refractivity contribution in [2.75, 3.05) is 0 Å². The molecule has 0 saturated heterocycles. The van der Waals surface area contributed by atoms with E-state index >= 15 is 0 Å². The number of hydrogen-bond donors (Lipinski definition) is 0. The molecule has 0 unspecified atom stereocenters. The van der Waals surface area contributed by atoms with Crippen molar-refractivity contribution >= 4 is 22.9 Å². The van der Waals surface area contributed by atoms with Crippen molar-refractivity contribution < 1.29 is 9.53 Å². The number of hydrogen-bond acceptors (Lipinski definition) is 5. The second-order valence-electron chi connectivity index (χ2n) is 8.93. The molecule has 0 radical (unpaired) electrons. The van der Waals surface area contributed by atoms with Crippen LogP contribution in [0.15, 0.2) is 70.3 Å². The summed E-state index contributed by atoms with van der Waals surface area (Å²) < 4.78 is 11.4. The molecular formula is C27H27N5O4. The summed E-state index contributed by atoms with van der Waals surface area (Å²) in [7, 11) is 1.55. The lowest BCUT2D eigenvalue weighted by atomic mass is 10.1. The van der Waals surface area contributed by atoms with Gasteiger partial charge in [0.2, 0.25) is 5.78 Å². The second kappa shape index (κ2) is 8.99. The molecule has 5 aromatic rings. The lowest BCUT2D eigenvalue weighted by Gasteiger charge is -2.16. The number of aromatic nitrogens is 5. The van der Waals surface area contributed by atoms with Gasteiger partial charge in [0.05, 0.1) is 6.04 Å². The fraction of sp³-hybridized carbons (Fsp3) is 0.259. The highest BCUT2D eigenvalue weighted by atomic mass is 16.5. The predicted molar refractivity (Wildman–Crippen MR) is 136 cm³/mol. The third-order valence-electron chi connectivity index (χ3n) is 6.76. The Hall–Kier alpha value is -4.40. The highest BCUT2D eigenvalue weighted by Crippen LogP contribution is 2.27. The minimum absolute atomic E-state index is 0.0496. The minimum atomic E-state index is -0.665. The van der Waals surface area contributed by atoms with Crippen molar-refractivity contribution in [2.24, 2.45) is 7.05 Å². The van der Waals surface area contributed by atoms with Gasteiger partial charge in [-0.3, -0.25) is 18.6 Å². The summed E-state index contributed by atoms with van der Waals surface area (Å²) in [6.07, 6.45) is 0. The Morgan fingerprint density at radius 1 is 0.972 bits per heavy atom. The number of carbonyl (C=O) groups is 1.